The summed E-state index contributed by atoms with van der Waals surface area (Å²) in [6, 6.07) is 5.36. The summed E-state index contributed by atoms with van der Waals surface area (Å²) in [7, 11) is 1.27. The highest BCUT2D eigenvalue weighted by atomic mass is 127. The van der Waals surface area contributed by atoms with E-state index in [0.29, 0.717) is 14.0 Å². The Labute approximate surface area is 101 Å². The highest BCUT2D eigenvalue weighted by Crippen LogP contribution is 2.23. The molecule has 0 aliphatic carbocycles. The first-order valence-electron chi connectivity index (χ1n) is 3.61. The van der Waals surface area contributed by atoms with Crippen molar-refractivity contribution in [1.82, 2.24) is 0 Å². The molecular formula is C9H6INO2S. The molecule has 0 aliphatic heterocycles. The van der Waals surface area contributed by atoms with Crippen LogP contribution in [-0.4, -0.2) is 13.1 Å². The van der Waals surface area contributed by atoms with Crippen LogP contribution in [0.1, 0.15) is 15.9 Å². The number of methoxy groups -OCH3 is 1. The van der Waals surface area contributed by atoms with Crippen LogP contribution in [0.25, 0.3) is 0 Å². The van der Waals surface area contributed by atoms with Gasteiger partial charge in [0.15, 0.2) is 0 Å². The SMILES string of the molecule is COC(=O)c1c(S)ccc(I)c1C#N. The van der Waals surface area contributed by atoms with E-state index in [1.165, 1.54) is 7.11 Å². The summed E-state index contributed by atoms with van der Waals surface area (Å²) < 4.78 is 5.28. The summed E-state index contributed by atoms with van der Waals surface area (Å²) in [5.41, 5.74) is 0.537. The fourth-order valence-corrected chi connectivity index (χ4v) is 1.83. The highest BCUT2D eigenvalue weighted by molar-refractivity contribution is 14.1. The van der Waals surface area contributed by atoms with Gasteiger partial charge in [-0.15, -0.1) is 12.6 Å². The van der Waals surface area contributed by atoms with E-state index >= 15 is 0 Å². The minimum absolute atomic E-state index is 0.227. The quantitative estimate of drug-likeness (QED) is 0.491. The maximum atomic E-state index is 11.3. The van der Waals surface area contributed by atoms with Crippen LogP contribution in [0.3, 0.4) is 0 Å². The molecule has 5 heteroatoms. The molecule has 14 heavy (non-hydrogen) atoms. The van der Waals surface area contributed by atoms with Crippen molar-refractivity contribution in [3.8, 4) is 6.07 Å². The van der Waals surface area contributed by atoms with Gasteiger partial charge in [-0.3, -0.25) is 0 Å². The average molecular weight is 319 g/mol. The Morgan fingerprint density at radius 2 is 2.29 bits per heavy atom. The second-order valence-electron chi connectivity index (χ2n) is 2.42. The van der Waals surface area contributed by atoms with Crippen LogP contribution in [0.4, 0.5) is 0 Å². The van der Waals surface area contributed by atoms with Gasteiger partial charge in [0.05, 0.1) is 18.2 Å². The number of hydrogen-bond acceptors (Lipinski definition) is 4. The van der Waals surface area contributed by atoms with Crippen LogP contribution in [0.15, 0.2) is 17.0 Å². The number of benzene rings is 1. The van der Waals surface area contributed by atoms with Crippen molar-refractivity contribution in [3.05, 3.63) is 26.8 Å². The Hall–Kier alpha value is -0.740. The van der Waals surface area contributed by atoms with Crippen molar-refractivity contribution >= 4 is 41.2 Å². The molecule has 0 bridgehead atoms. The van der Waals surface area contributed by atoms with Gasteiger partial charge in [0, 0.05) is 8.47 Å². The van der Waals surface area contributed by atoms with E-state index in [2.05, 4.69) is 17.4 Å². The third kappa shape index (κ3) is 2.01. The van der Waals surface area contributed by atoms with Crippen LogP contribution in [0.5, 0.6) is 0 Å². The van der Waals surface area contributed by atoms with Crippen LogP contribution in [0.2, 0.25) is 0 Å². The number of carbonyl (C=O) groups is 1. The summed E-state index contributed by atoms with van der Waals surface area (Å²) in [5.74, 6) is -0.537. The van der Waals surface area contributed by atoms with Crippen LogP contribution in [0, 0.1) is 14.9 Å². The fraction of sp³-hybridized carbons (Fsp3) is 0.111. The zero-order valence-corrected chi connectivity index (χ0v) is 10.3. The number of esters is 1. The predicted molar refractivity (Wildman–Crippen MR) is 62.5 cm³/mol. The van der Waals surface area contributed by atoms with E-state index in [0.717, 1.165) is 0 Å². The standard InChI is InChI=1S/C9H6INO2S/c1-13-9(12)8-5(4-11)6(10)2-3-7(8)14/h2-3,14H,1H3. The maximum absolute atomic E-state index is 11.3. The minimum Gasteiger partial charge on any atom is -0.465 e. The molecule has 0 radical (unpaired) electrons. The molecule has 3 nitrogen and oxygen atoms in total. The first-order valence-corrected chi connectivity index (χ1v) is 5.14. The van der Waals surface area contributed by atoms with Gasteiger partial charge in [0.25, 0.3) is 0 Å². The molecule has 0 fully saturated rings. The zero-order valence-electron chi connectivity index (χ0n) is 7.24. The molecule has 0 amide bonds. The Balaban J connectivity index is 3.47. The van der Waals surface area contributed by atoms with Gasteiger partial charge < -0.3 is 4.74 Å². The zero-order chi connectivity index (χ0) is 10.7. The molecule has 1 rings (SSSR count). The van der Waals surface area contributed by atoms with Crippen molar-refractivity contribution < 1.29 is 9.53 Å². The highest BCUT2D eigenvalue weighted by Gasteiger charge is 2.17. The van der Waals surface area contributed by atoms with Crippen LogP contribution in [-0.2, 0) is 4.74 Å². The van der Waals surface area contributed by atoms with Crippen molar-refractivity contribution in [2.75, 3.05) is 7.11 Å². The van der Waals surface area contributed by atoms with E-state index in [-0.39, 0.29) is 5.56 Å². The van der Waals surface area contributed by atoms with Gasteiger partial charge in [-0.2, -0.15) is 5.26 Å². The number of rotatable bonds is 1. The third-order valence-electron chi connectivity index (χ3n) is 1.63. The monoisotopic (exact) mass is 319 g/mol. The second-order valence-corrected chi connectivity index (χ2v) is 4.06. The first-order chi connectivity index (χ1) is 6.61. The third-order valence-corrected chi connectivity index (χ3v) is 2.91. The number of nitrogens with zero attached hydrogens (tertiary/aromatic N) is 1. The molecular weight excluding hydrogens is 313 g/mol. The van der Waals surface area contributed by atoms with E-state index in [4.69, 9.17) is 5.26 Å². The van der Waals surface area contributed by atoms with Crippen molar-refractivity contribution in [3.63, 3.8) is 0 Å². The predicted octanol–water partition coefficient (Wildman–Crippen LogP) is 2.24. The summed E-state index contributed by atoms with van der Waals surface area (Å²) >= 11 is 6.10. The normalized spacial score (nSPS) is 9.29. The van der Waals surface area contributed by atoms with Gasteiger partial charge in [0.1, 0.15) is 6.07 Å². The molecule has 0 aromatic heterocycles. The smallest absolute Gasteiger partial charge is 0.340 e. The summed E-state index contributed by atoms with van der Waals surface area (Å²) in [5, 5.41) is 8.87. The average Bonchev–Trinajstić information content (AvgIpc) is 2.19. The molecule has 0 saturated carbocycles. The molecule has 0 N–H and O–H groups in total. The largest absolute Gasteiger partial charge is 0.465 e. The van der Waals surface area contributed by atoms with Crippen LogP contribution < -0.4 is 0 Å². The van der Waals surface area contributed by atoms with E-state index in [1.807, 2.05) is 28.7 Å². The van der Waals surface area contributed by atoms with Crippen molar-refractivity contribution in [1.29, 1.82) is 5.26 Å². The maximum Gasteiger partial charge on any atom is 0.340 e. The van der Waals surface area contributed by atoms with Crippen LogP contribution >= 0.6 is 35.2 Å². The van der Waals surface area contributed by atoms with Gasteiger partial charge in [-0.25, -0.2) is 4.79 Å². The number of ether oxygens (including phenoxy) is 1. The summed E-state index contributed by atoms with van der Waals surface area (Å²) in [4.78, 5) is 11.8. The number of carbonyl (C=O) groups excluding carboxylic acids is 1. The number of nitriles is 1. The van der Waals surface area contributed by atoms with Crippen molar-refractivity contribution in [2.45, 2.75) is 4.90 Å². The van der Waals surface area contributed by atoms with Gasteiger partial charge in [-0.05, 0) is 34.7 Å². The number of hydrogen-bond donors (Lipinski definition) is 1. The Bertz CT molecular complexity index is 426. The van der Waals surface area contributed by atoms with Gasteiger partial charge >= 0.3 is 5.97 Å². The second kappa shape index (κ2) is 4.66. The molecule has 0 atom stereocenters. The lowest BCUT2D eigenvalue weighted by Crippen LogP contribution is -2.06. The van der Waals surface area contributed by atoms with E-state index in [9.17, 15) is 4.79 Å². The molecule has 0 spiro atoms. The van der Waals surface area contributed by atoms with Gasteiger partial charge in [-0.1, -0.05) is 0 Å². The first kappa shape index (κ1) is 11.3. The molecule has 0 heterocycles. The van der Waals surface area contributed by atoms with E-state index < -0.39 is 5.97 Å². The van der Waals surface area contributed by atoms with E-state index in [1.54, 1.807) is 12.1 Å². The Kier molecular flexibility index (Phi) is 3.77. The molecule has 1 aromatic carbocycles. The fourth-order valence-electron chi connectivity index (χ4n) is 0.984. The lowest BCUT2D eigenvalue weighted by atomic mass is 10.1. The molecule has 0 aliphatic rings. The van der Waals surface area contributed by atoms with Crippen molar-refractivity contribution in [2.24, 2.45) is 0 Å². The lowest BCUT2D eigenvalue weighted by Gasteiger charge is -2.06. The Morgan fingerprint density at radius 1 is 1.64 bits per heavy atom. The number of thiol groups is 1. The number of halogens is 1. The topological polar surface area (TPSA) is 50.1 Å². The molecule has 0 unspecified atom stereocenters. The molecule has 1 aromatic rings. The minimum atomic E-state index is -0.537. The molecule has 0 saturated heterocycles. The summed E-state index contributed by atoms with van der Waals surface area (Å²) in [6.45, 7) is 0. The Morgan fingerprint density at radius 3 is 2.79 bits per heavy atom. The lowest BCUT2D eigenvalue weighted by molar-refractivity contribution is 0.0596. The van der Waals surface area contributed by atoms with Gasteiger partial charge in [0.2, 0.25) is 0 Å². The molecule has 72 valence electrons. The summed E-state index contributed by atoms with van der Waals surface area (Å²) in [6.07, 6.45) is 0.